The maximum Gasteiger partial charge on any atom is 0.149 e. The van der Waals surface area contributed by atoms with Crippen molar-refractivity contribution in [1.29, 1.82) is 0 Å². The Bertz CT molecular complexity index is 721. The molecule has 1 N–H and O–H groups in total. The van der Waals surface area contributed by atoms with Crippen molar-refractivity contribution in [2.45, 2.75) is 37.8 Å². The molecule has 2 aliphatic heterocycles. The van der Waals surface area contributed by atoms with E-state index in [0.29, 0.717) is 11.6 Å². The van der Waals surface area contributed by atoms with Crippen LogP contribution in [-0.4, -0.2) is 65.1 Å². The average molecular weight is 343 g/mol. The summed E-state index contributed by atoms with van der Waals surface area (Å²) < 4.78 is 13.9. The molecule has 0 radical (unpaired) electrons. The summed E-state index contributed by atoms with van der Waals surface area (Å²) in [7, 11) is 2.21. The molecule has 0 aliphatic carbocycles. The number of fused-ring (bicyclic) bond motifs is 1. The van der Waals surface area contributed by atoms with Crippen LogP contribution in [0.3, 0.4) is 0 Å². The number of benzene rings is 1. The normalized spacial score (nSPS) is 21.7. The zero-order valence-electron chi connectivity index (χ0n) is 14.8. The Kier molecular flexibility index (Phi) is 4.81. The van der Waals surface area contributed by atoms with Crippen LogP contribution >= 0.6 is 0 Å². The van der Waals surface area contributed by atoms with Gasteiger partial charge in [0.05, 0.1) is 0 Å². The van der Waals surface area contributed by atoms with E-state index in [4.69, 9.17) is 0 Å². The predicted octanol–water partition coefficient (Wildman–Crippen LogP) is 2.74. The van der Waals surface area contributed by atoms with Crippen LogP contribution in [0.1, 0.15) is 25.7 Å². The van der Waals surface area contributed by atoms with Gasteiger partial charge in [-0.1, -0.05) is 6.07 Å². The molecule has 0 bridgehead atoms. The zero-order chi connectivity index (χ0) is 17.2. The second-order valence-electron chi connectivity index (χ2n) is 7.35. The summed E-state index contributed by atoms with van der Waals surface area (Å²) in [6.07, 6.45) is 6.22. The van der Waals surface area contributed by atoms with Crippen molar-refractivity contribution in [3.63, 3.8) is 0 Å². The van der Waals surface area contributed by atoms with Crippen molar-refractivity contribution in [2.24, 2.45) is 0 Å². The molecule has 0 unspecified atom stereocenters. The number of hydrogen-bond donors (Lipinski definition) is 1. The number of anilines is 1. The van der Waals surface area contributed by atoms with Gasteiger partial charge in [-0.15, -0.1) is 0 Å². The van der Waals surface area contributed by atoms with Crippen molar-refractivity contribution < 1.29 is 4.39 Å². The van der Waals surface area contributed by atoms with E-state index in [0.717, 1.165) is 43.2 Å². The van der Waals surface area contributed by atoms with Crippen molar-refractivity contribution in [2.75, 3.05) is 38.5 Å². The first-order valence-electron chi connectivity index (χ1n) is 9.29. The largest absolute Gasteiger partial charge is 0.367 e. The number of rotatable bonds is 3. The Labute approximate surface area is 148 Å². The average Bonchev–Trinajstić information content (AvgIpc) is 2.64. The highest BCUT2D eigenvalue weighted by molar-refractivity contribution is 5.89. The van der Waals surface area contributed by atoms with Crippen LogP contribution < -0.4 is 5.32 Å². The molecule has 1 aromatic carbocycles. The molecule has 6 heteroatoms. The highest BCUT2D eigenvalue weighted by Gasteiger charge is 2.27. The first-order chi connectivity index (χ1) is 12.2. The SMILES string of the molecule is CN1CCC(N2CCC(Nc3ncnc4c(F)cccc34)CC2)CC1. The minimum Gasteiger partial charge on any atom is -0.367 e. The van der Waals surface area contributed by atoms with Gasteiger partial charge < -0.3 is 15.1 Å². The molecule has 25 heavy (non-hydrogen) atoms. The summed E-state index contributed by atoms with van der Waals surface area (Å²) in [5.41, 5.74) is 0.392. The van der Waals surface area contributed by atoms with Crippen LogP contribution in [0.25, 0.3) is 10.9 Å². The fraction of sp³-hybridized carbons (Fsp3) is 0.579. The number of nitrogens with one attached hydrogen (secondary N) is 1. The minimum atomic E-state index is -0.292. The molecule has 4 rings (SSSR count). The summed E-state index contributed by atoms with van der Waals surface area (Å²) in [4.78, 5) is 13.5. The van der Waals surface area contributed by atoms with Gasteiger partial charge in [-0.05, 0) is 58.0 Å². The Balaban J connectivity index is 1.38. The molecule has 0 spiro atoms. The number of hydrogen-bond acceptors (Lipinski definition) is 5. The van der Waals surface area contributed by atoms with Crippen molar-refractivity contribution in [3.05, 3.63) is 30.3 Å². The molecular formula is C19H26FN5. The van der Waals surface area contributed by atoms with Crippen LogP contribution in [-0.2, 0) is 0 Å². The molecular weight excluding hydrogens is 317 g/mol. The van der Waals surface area contributed by atoms with Gasteiger partial charge in [0, 0.05) is 30.6 Å². The van der Waals surface area contributed by atoms with Crippen LogP contribution in [0.5, 0.6) is 0 Å². The molecule has 0 amide bonds. The van der Waals surface area contributed by atoms with Gasteiger partial charge in [0.1, 0.15) is 23.5 Å². The number of likely N-dealkylation sites (tertiary alicyclic amines) is 2. The van der Waals surface area contributed by atoms with Gasteiger partial charge in [0.2, 0.25) is 0 Å². The lowest BCUT2D eigenvalue weighted by Gasteiger charge is -2.41. The smallest absolute Gasteiger partial charge is 0.149 e. The number of halogens is 1. The van der Waals surface area contributed by atoms with Crippen molar-refractivity contribution >= 4 is 16.7 Å². The second kappa shape index (κ2) is 7.22. The van der Waals surface area contributed by atoms with Crippen LogP contribution in [0.2, 0.25) is 0 Å². The molecule has 2 aliphatic rings. The van der Waals surface area contributed by atoms with E-state index in [1.54, 1.807) is 6.07 Å². The first kappa shape index (κ1) is 16.7. The van der Waals surface area contributed by atoms with E-state index >= 15 is 0 Å². The standard InChI is InChI=1S/C19H26FN5/c1-24-9-7-15(8-10-24)25-11-5-14(6-12-25)23-19-16-3-2-4-17(20)18(16)21-13-22-19/h2-4,13-15H,5-12H2,1H3,(H,21,22,23). The second-order valence-corrected chi connectivity index (χ2v) is 7.35. The summed E-state index contributed by atoms with van der Waals surface area (Å²) in [5.74, 6) is 0.460. The summed E-state index contributed by atoms with van der Waals surface area (Å²) in [5, 5.41) is 4.29. The van der Waals surface area contributed by atoms with Gasteiger partial charge in [0.15, 0.2) is 0 Å². The number of nitrogens with zero attached hydrogens (tertiary/aromatic N) is 4. The summed E-state index contributed by atoms with van der Waals surface area (Å²) in [6.45, 7) is 4.68. The Morgan fingerprint density at radius 2 is 1.80 bits per heavy atom. The molecule has 2 saturated heterocycles. The zero-order valence-corrected chi connectivity index (χ0v) is 14.8. The molecule has 134 valence electrons. The molecule has 1 aromatic heterocycles. The quantitative estimate of drug-likeness (QED) is 0.928. The maximum atomic E-state index is 13.9. The van der Waals surface area contributed by atoms with Crippen LogP contribution in [0, 0.1) is 5.82 Å². The topological polar surface area (TPSA) is 44.3 Å². The summed E-state index contributed by atoms with van der Waals surface area (Å²) >= 11 is 0. The minimum absolute atomic E-state index is 0.292. The lowest BCUT2D eigenvalue weighted by atomic mass is 9.98. The van der Waals surface area contributed by atoms with Gasteiger partial charge in [-0.25, -0.2) is 14.4 Å². The third kappa shape index (κ3) is 3.60. The number of piperidine rings is 2. The van der Waals surface area contributed by atoms with E-state index < -0.39 is 0 Å². The monoisotopic (exact) mass is 343 g/mol. The molecule has 2 fully saturated rings. The lowest BCUT2D eigenvalue weighted by Crippen LogP contribution is -2.48. The maximum absolute atomic E-state index is 13.9. The number of aromatic nitrogens is 2. The van der Waals surface area contributed by atoms with E-state index in [9.17, 15) is 4.39 Å². The van der Waals surface area contributed by atoms with Crippen LogP contribution in [0.4, 0.5) is 10.2 Å². The third-order valence-corrected chi connectivity index (χ3v) is 5.69. The van der Waals surface area contributed by atoms with Gasteiger partial charge in [-0.2, -0.15) is 0 Å². The van der Waals surface area contributed by atoms with Crippen LogP contribution in [0.15, 0.2) is 24.5 Å². The molecule has 0 atom stereocenters. The van der Waals surface area contributed by atoms with Gasteiger partial charge in [0.25, 0.3) is 0 Å². The van der Waals surface area contributed by atoms with Gasteiger partial charge >= 0.3 is 0 Å². The molecule has 2 aromatic rings. The fourth-order valence-corrected chi connectivity index (χ4v) is 4.13. The van der Waals surface area contributed by atoms with E-state index in [1.165, 1.54) is 38.3 Å². The Morgan fingerprint density at radius 3 is 2.56 bits per heavy atom. The Hall–Kier alpha value is -1.79. The highest BCUT2D eigenvalue weighted by atomic mass is 19.1. The lowest BCUT2D eigenvalue weighted by molar-refractivity contribution is 0.0994. The predicted molar refractivity (Wildman–Crippen MR) is 98.2 cm³/mol. The van der Waals surface area contributed by atoms with E-state index in [-0.39, 0.29) is 5.82 Å². The first-order valence-corrected chi connectivity index (χ1v) is 9.29. The highest BCUT2D eigenvalue weighted by Crippen LogP contribution is 2.25. The molecule has 3 heterocycles. The van der Waals surface area contributed by atoms with E-state index in [1.807, 2.05) is 6.07 Å². The van der Waals surface area contributed by atoms with Gasteiger partial charge in [-0.3, -0.25) is 0 Å². The third-order valence-electron chi connectivity index (χ3n) is 5.69. The van der Waals surface area contributed by atoms with E-state index in [2.05, 4.69) is 32.1 Å². The van der Waals surface area contributed by atoms with Crippen molar-refractivity contribution in [3.8, 4) is 0 Å². The van der Waals surface area contributed by atoms with Crippen molar-refractivity contribution in [1.82, 2.24) is 19.8 Å². The Morgan fingerprint density at radius 1 is 1.04 bits per heavy atom. The molecule has 5 nitrogen and oxygen atoms in total. The molecule has 0 saturated carbocycles. The fourth-order valence-electron chi connectivity index (χ4n) is 4.13. The summed E-state index contributed by atoms with van der Waals surface area (Å²) in [6, 6.07) is 6.18. The number of para-hydroxylation sites is 1.